The Morgan fingerprint density at radius 2 is 2.06 bits per heavy atom. The molecule has 1 aromatic carbocycles. The van der Waals surface area contributed by atoms with E-state index < -0.39 is 9.84 Å². The van der Waals surface area contributed by atoms with Gasteiger partial charge < -0.3 is 5.73 Å². The van der Waals surface area contributed by atoms with Crippen molar-refractivity contribution in [1.82, 2.24) is 0 Å². The van der Waals surface area contributed by atoms with Gasteiger partial charge in [-0.25, -0.2) is 8.42 Å². The zero-order valence-corrected chi connectivity index (χ0v) is 12.5. The fourth-order valence-corrected chi connectivity index (χ4v) is 3.99. The summed E-state index contributed by atoms with van der Waals surface area (Å²) in [6.07, 6.45) is 2.99. The summed E-state index contributed by atoms with van der Waals surface area (Å²) in [6, 6.07) is 2.85. The van der Waals surface area contributed by atoms with E-state index in [0.29, 0.717) is 4.90 Å². The second kappa shape index (κ2) is 6.06. The number of rotatable bonds is 5. The average molecular weight is 308 g/mol. The Labute approximate surface area is 116 Å². The second-order valence-electron chi connectivity index (χ2n) is 3.72. The van der Waals surface area contributed by atoms with Gasteiger partial charge in [-0.2, -0.15) is 0 Å². The number of Topliss-reactive ketones (excluding diaryl/α,β-unsaturated/α-hetero) is 1. The standard InChI is InChI=1S/C11H14ClNO3S2/c1-17-11-8(12)5-7(9(14)3-4-13)6-10(11)18(2,15)16/h5-6H,3-4,13H2,1-2H3. The summed E-state index contributed by atoms with van der Waals surface area (Å²) in [4.78, 5) is 12.3. The maximum atomic E-state index is 11.7. The van der Waals surface area contributed by atoms with E-state index in [2.05, 4.69) is 0 Å². The van der Waals surface area contributed by atoms with E-state index in [-0.39, 0.29) is 34.2 Å². The molecule has 0 aliphatic heterocycles. The quantitative estimate of drug-likeness (QED) is 0.665. The van der Waals surface area contributed by atoms with E-state index in [1.165, 1.54) is 23.9 Å². The van der Waals surface area contributed by atoms with E-state index in [1.807, 2.05) is 0 Å². The van der Waals surface area contributed by atoms with Gasteiger partial charge in [-0.15, -0.1) is 11.8 Å². The van der Waals surface area contributed by atoms with Crippen LogP contribution in [-0.2, 0) is 9.84 Å². The zero-order valence-electron chi connectivity index (χ0n) is 10.1. The molecule has 1 aromatic rings. The van der Waals surface area contributed by atoms with E-state index in [9.17, 15) is 13.2 Å². The molecule has 0 spiro atoms. The SMILES string of the molecule is CSc1c(Cl)cc(C(=O)CCN)cc1S(C)(=O)=O. The number of sulfone groups is 1. The van der Waals surface area contributed by atoms with Crippen LogP contribution in [0.2, 0.25) is 5.02 Å². The molecule has 0 unspecified atom stereocenters. The van der Waals surface area contributed by atoms with Gasteiger partial charge in [0.1, 0.15) is 0 Å². The lowest BCUT2D eigenvalue weighted by Crippen LogP contribution is -2.10. The molecule has 100 valence electrons. The van der Waals surface area contributed by atoms with E-state index in [1.54, 1.807) is 6.26 Å². The highest BCUT2D eigenvalue weighted by Crippen LogP contribution is 2.33. The molecule has 0 saturated heterocycles. The van der Waals surface area contributed by atoms with Gasteiger partial charge in [0.2, 0.25) is 0 Å². The molecule has 0 heterocycles. The molecule has 0 fully saturated rings. The van der Waals surface area contributed by atoms with Gasteiger partial charge in [0.15, 0.2) is 15.6 Å². The summed E-state index contributed by atoms with van der Waals surface area (Å²) in [6.45, 7) is 0.217. The number of halogens is 1. The number of thioether (sulfide) groups is 1. The number of carbonyl (C=O) groups is 1. The van der Waals surface area contributed by atoms with Crippen LogP contribution in [0.3, 0.4) is 0 Å². The van der Waals surface area contributed by atoms with Crippen LogP contribution in [0.1, 0.15) is 16.8 Å². The van der Waals surface area contributed by atoms with Gasteiger partial charge in [-0.1, -0.05) is 11.6 Å². The lowest BCUT2D eigenvalue weighted by Gasteiger charge is -2.10. The number of benzene rings is 1. The van der Waals surface area contributed by atoms with Gasteiger partial charge in [0.25, 0.3) is 0 Å². The first-order valence-corrected chi connectivity index (χ1v) is 8.61. The van der Waals surface area contributed by atoms with Crippen LogP contribution in [0.5, 0.6) is 0 Å². The highest BCUT2D eigenvalue weighted by molar-refractivity contribution is 7.99. The van der Waals surface area contributed by atoms with Crippen LogP contribution in [0.4, 0.5) is 0 Å². The van der Waals surface area contributed by atoms with E-state index in [4.69, 9.17) is 17.3 Å². The van der Waals surface area contributed by atoms with Crippen molar-refractivity contribution in [3.05, 3.63) is 22.7 Å². The third kappa shape index (κ3) is 3.47. The average Bonchev–Trinajstić information content (AvgIpc) is 2.27. The van der Waals surface area contributed by atoms with Crippen LogP contribution in [-0.4, -0.2) is 33.3 Å². The number of carbonyl (C=O) groups excluding carboxylic acids is 1. The Morgan fingerprint density at radius 3 is 2.50 bits per heavy atom. The molecule has 2 N–H and O–H groups in total. The molecule has 0 aromatic heterocycles. The summed E-state index contributed by atoms with van der Waals surface area (Å²) >= 11 is 7.25. The van der Waals surface area contributed by atoms with Crippen molar-refractivity contribution in [1.29, 1.82) is 0 Å². The van der Waals surface area contributed by atoms with Gasteiger partial charge in [0, 0.05) is 23.1 Å². The maximum Gasteiger partial charge on any atom is 0.176 e. The van der Waals surface area contributed by atoms with Crippen molar-refractivity contribution < 1.29 is 13.2 Å². The molecule has 0 bridgehead atoms. The first-order valence-electron chi connectivity index (χ1n) is 5.12. The molecule has 4 nitrogen and oxygen atoms in total. The lowest BCUT2D eigenvalue weighted by molar-refractivity contribution is 0.0985. The van der Waals surface area contributed by atoms with Crippen LogP contribution in [0.15, 0.2) is 21.9 Å². The van der Waals surface area contributed by atoms with Crippen molar-refractivity contribution in [3.63, 3.8) is 0 Å². The lowest BCUT2D eigenvalue weighted by atomic mass is 10.1. The predicted octanol–water partition coefficient (Wildman–Crippen LogP) is 2.00. The molecule has 0 aliphatic carbocycles. The molecule has 1 rings (SSSR count). The van der Waals surface area contributed by atoms with Gasteiger partial charge >= 0.3 is 0 Å². The largest absolute Gasteiger partial charge is 0.330 e. The minimum Gasteiger partial charge on any atom is -0.330 e. The zero-order chi connectivity index (χ0) is 13.9. The number of nitrogens with two attached hydrogens (primary N) is 1. The number of hydrogen-bond donors (Lipinski definition) is 1. The second-order valence-corrected chi connectivity index (χ2v) is 6.93. The summed E-state index contributed by atoms with van der Waals surface area (Å²) < 4.78 is 23.4. The van der Waals surface area contributed by atoms with Crippen molar-refractivity contribution >= 4 is 39.0 Å². The molecule has 0 saturated carbocycles. The van der Waals surface area contributed by atoms with Crippen LogP contribution >= 0.6 is 23.4 Å². The van der Waals surface area contributed by atoms with Crippen LogP contribution in [0, 0.1) is 0 Å². The minimum atomic E-state index is -3.43. The molecule has 0 radical (unpaired) electrons. The Bertz CT molecular complexity index is 570. The van der Waals surface area contributed by atoms with Crippen molar-refractivity contribution in [3.8, 4) is 0 Å². The topological polar surface area (TPSA) is 77.2 Å². The summed E-state index contributed by atoms with van der Waals surface area (Å²) in [5.74, 6) is -0.211. The van der Waals surface area contributed by atoms with E-state index >= 15 is 0 Å². The Kier molecular flexibility index (Phi) is 5.21. The minimum absolute atomic E-state index is 0.0860. The first kappa shape index (κ1) is 15.5. The Balaban J connectivity index is 3.45. The summed E-state index contributed by atoms with van der Waals surface area (Å²) in [7, 11) is -3.43. The fourth-order valence-electron chi connectivity index (χ4n) is 1.48. The maximum absolute atomic E-state index is 11.7. The van der Waals surface area contributed by atoms with Gasteiger partial charge in [0.05, 0.1) is 9.92 Å². The molecule has 0 atom stereocenters. The normalized spacial score (nSPS) is 11.6. The van der Waals surface area contributed by atoms with Crippen molar-refractivity contribution in [2.45, 2.75) is 16.2 Å². The monoisotopic (exact) mass is 307 g/mol. The van der Waals surface area contributed by atoms with Crippen LogP contribution in [0.25, 0.3) is 0 Å². The molecule has 18 heavy (non-hydrogen) atoms. The highest BCUT2D eigenvalue weighted by Gasteiger charge is 2.19. The highest BCUT2D eigenvalue weighted by atomic mass is 35.5. The third-order valence-corrected chi connectivity index (χ3v) is 4.81. The first-order chi connectivity index (χ1) is 8.31. The molecular formula is C11H14ClNO3S2. The summed E-state index contributed by atoms with van der Waals surface area (Å²) in [5, 5.41) is 0.269. The number of hydrogen-bond acceptors (Lipinski definition) is 5. The van der Waals surface area contributed by atoms with Gasteiger partial charge in [-0.3, -0.25) is 4.79 Å². The molecule has 7 heteroatoms. The smallest absolute Gasteiger partial charge is 0.176 e. The summed E-state index contributed by atoms with van der Waals surface area (Å²) in [5.41, 5.74) is 5.59. The van der Waals surface area contributed by atoms with Crippen LogP contribution < -0.4 is 5.73 Å². The van der Waals surface area contributed by atoms with Crippen molar-refractivity contribution in [2.24, 2.45) is 5.73 Å². The van der Waals surface area contributed by atoms with E-state index in [0.717, 1.165) is 6.26 Å². The van der Waals surface area contributed by atoms with Crippen molar-refractivity contribution in [2.75, 3.05) is 19.1 Å². The fraction of sp³-hybridized carbons (Fsp3) is 0.364. The molecule has 0 amide bonds. The predicted molar refractivity (Wildman–Crippen MR) is 74.3 cm³/mol. The number of ketones is 1. The Morgan fingerprint density at radius 1 is 1.44 bits per heavy atom. The molecular weight excluding hydrogens is 294 g/mol. The Hall–Kier alpha value is -0.560. The molecule has 0 aliphatic rings. The third-order valence-electron chi connectivity index (χ3n) is 2.31. The van der Waals surface area contributed by atoms with Gasteiger partial charge in [-0.05, 0) is 24.9 Å².